The molecule has 4 heteroatoms. The molecule has 0 saturated heterocycles. The Bertz CT molecular complexity index is 707. The van der Waals surface area contributed by atoms with Crippen molar-refractivity contribution in [3.63, 3.8) is 0 Å². The Morgan fingerprint density at radius 3 is 2.78 bits per heavy atom. The van der Waals surface area contributed by atoms with Crippen molar-refractivity contribution < 1.29 is 14.3 Å². The lowest BCUT2D eigenvalue weighted by atomic mass is 9.69. The predicted molar refractivity (Wildman–Crippen MR) is 88.9 cm³/mol. The smallest absolute Gasteiger partial charge is 0.168 e. The molecule has 23 heavy (non-hydrogen) atoms. The van der Waals surface area contributed by atoms with Crippen molar-refractivity contribution in [1.82, 2.24) is 4.90 Å². The molecule has 0 fully saturated rings. The summed E-state index contributed by atoms with van der Waals surface area (Å²) >= 11 is 0. The first-order valence-electron chi connectivity index (χ1n) is 8.36. The molecule has 1 heterocycles. The molecule has 2 unspecified atom stereocenters. The van der Waals surface area contributed by atoms with E-state index < -0.39 is 0 Å². The van der Waals surface area contributed by atoms with Crippen molar-refractivity contribution in [3.8, 4) is 11.5 Å². The van der Waals surface area contributed by atoms with Crippen LogP contribution < -0.4 is 9.47 Å². The highest BCUT2D eigenvalue weighted by Crippen LogP contribution is 2.54. The molecule has 0 radical (unpaired) electrons. The predicted octanol–water partition coefficient (Wildman–Crippen LogP) is 3.00. The highest BCUT2D eigenvalue weighted by molar-refractivity contribution is 6.00. The molecule has 4 rings (SSSR count). The summed E-state index contributed by atoms with van der Waals surface area (Å²) in [7, 11) is 5.58. The summed E-state index contributed by atoms with van der Waals surface area (Å²) in [5, 5.41) is 0. The van der Waals surface area contributed by atoms with Gasteiger partial charge in [-0.15, -0.1) is 0 Å². The Balaban J connectivity index is 2.03. The molecule has 0 N–H and O–H groups in total. The minimum absolute atomic E-state index is 0.234. The quantitative estimate of drug-likeness (QED) is 0.841. The molecule has 1 aromatic rings. The van der Waals surface area contributed by atoms with Crippen molar-refractivity contribution in [2.24, 2.45) is 5.92 Å². The van der Waals surface area contributed by atoms with Gasteiger partial charge in [-0.25, -0.2) is 0 Å². The van der Waals surface area contributed by atoms with Crippen LogP contribution in [0.15, 0.2) is 12.1 Å². The van der Waals surface area contributed by atoms with E-state index in [0.29, 0.717) is 18.4 Å². The van der Waals surface area contributed by atoms with E-state index in [2.05, 4.69) is 18.0 Å². The van der Waals surface area contributed by atoms with E-state index in [0.717, 1.165) is 42.9 Å². The van der Waals surface area contributed by atoms with Crippen LogP contribution in [0.5, 0.6) is 11.5 Å². The highest BCUT2D eigenvalue weighted by atomic mass is 16.5. The average Bonchev–Trinajstić information content (AvgIpc) is 2.57. The number of hydrogen-bond donors (Lipinski definition) is 0. The number of methoxy groups -OCH3 is 2. The number of nitrogens with zero attached hydrogens (tertiary/aromatic N) is 1. The molecule has 0 aromatic heterocycles. The zero-order chi connectivity index (χ0) is 16.1. The van der Waals surface area contributed by atoms with Gasteiger partial charge in [-0.3, -0.25) is 9.69 Å². The molecule has 1 aromatic carbocycles. The molecule has 0 saturated carbocycles. The number of carbonyl (C=O) groups excluding carboxylic acids is 1. The van der Waals surface area contributed by atoms with Gasteiger partial charge in [0.1, 0.15) is 0 Å². The summed E-state index contributed by atoms with van der Waals surface area (Å²) in [6, 6.07) is 2.55. The average molecular weight is 313 g/mol. The molecule has 2 aliphatic carbocycles. The summed E-state index contributed by atoms with van der Waals surface area (Å²) in [4.78, 5) is 14.5. The van der Waals surface area contributed by atoms with Gasteiger partial charge >= 0.3 is 0 Å². The van der Waals surface area contributed by atoms with Crippen LogP contribution >= 0.6 is 0 Å². The van der Waals surface area contributed by atoms with E-state index in [1.54, 1.807) is 14.2 Å². The van der Waals surface area contributed by atoms with Crippen LogP contribution in [0.3, 0.4) is 0 Å². The van der Waals surface area contributed by atoms with E-state index in [-0.39, 0.29) is 5.78 Å². The van der Waals surface area contributed by atoms with Gasteiger partial charge in [0.25, 0.3) is 0 Å². The van der Waals surface area contributed by atoms with E-state index in [1.165, 1.54) is 16.7 Å². The van der Waals surface area contributed by atoms with Crippen LogP contribution in [0.4, 0.5) is 0 Å². The van der Waals surface area contributed by atoms with Crippen LogP contribution in [0.25, 0.3) is 5.57 Å². The summed E-state index contributed by atoms with van der Waals surface area (Å²) in [6.45, 7) is 1.07. The maximum Gasteiger partial charge on any atom is 0.168 e. The van der Waals surface area contributed by atoms with Crippen molar-refractivity contribution in [2.45, 2.75) is 31.7 Å². The first kappa shape index (κ1) is 14.8. The minimum atomic E-state index is 0.234. The molecular formula is C19H23NO3. The third-order valence-electron chi connectivity index (χ3n) is 5.69. The van der Waals surface area contributed by atoms with Crippen LogP contribution in [0.1, 0.15) is 42.0 Å². The standard InChI is InChI=1S/C19H23NO3/c1-20-7-6-12-9-16(22-2)19(23-3)18-14-10-13(21)5-4-11(14)8-15(20)17(12)18/h9-11,15H,4-8H2,1-3H3. The Kier molecular flexibility index (Phi) is 3.45. The van der Waals surface area contributed by atoms with Gasteiger partial charge in [0, 0.05) is 24.6 Å². The fourth-order valence-corrected chi connectivity index (χ4v) is 4.53. The number of carbonyl (C=O) groups is 1. The highest BCUT2D eigenvalue weighted by Gasteiger charge is 2.41. The summed E-state index contributed by atoms with van der Waals surface area (Å²) in [5.74, 6) is 2.25. The third kappa shape index (κ3) is 2.12. The first-order valence-corrected chi connectivity index (χ1v) is 8.36. The van der Waals surface area contributed by atoms with Gasteiger partial charge in [0.2, 0.25) is 0 Å². The Morgan fingerprint density at radius 2 is 2.04 bits per heavy atom. The van der Waals surface area contributed by atoms with E-state index in [9.17, 15) is 4.79 Å². The normalized spacial score (nSPS) is 26.2. The number of hydrogen-bond acceptors (Lipinski definition) is 4. The van der Waals surface area contributed by atoms with Gasteiger partial charge in [0.15, 0.2) is 17.3 Å². The lowest BCUT2D eigenvalue weighted by Gasteiger charge is -2.44. The molecule has 0 amide bonds. The van der Waals surface area contributed by atoms with Gasteiger partial charge in [0.05, 0.1) is 14.2 Å². The Labute approximate surface area is 137 Å². The maximum atomic E-state index is 12.0. The van der Waals surface area contributed by atoms with E-state index in [4.69, 9.17) is 9.47 Å². The van der Waals surface area contributed by atoms with E-state index in [1.807, 2.05) is 6.08 Å². The van der Waals surface area contributed by atoms with Gasteiger partial charge in [-0.05, 0) is 61.1 Å². The molecule has 2 atom stereocenters. The monoisotopic (exact) mass is 313 g/mol. The maximum absolute atomic E-state index is 12.0. The van der Waals surface area contributed by atoms with Crippen LogP contribution in [0.2, 0.25) is 0 Å². The van der Waals surface area contributed by atoms with Gasteiger partial charge in [-0.2, -0.15) is 0 Å². The molecule has 4 nitrogen and oxygen atoms in total. The van der Waals surface area contributed by atoms with Crippen LogP contribution in [-0.4, -0.2) is 38.5 Å². The number of allylic oxidation sites excluding steroid dienone is 2. The molecule has 0 spiro atoms. The number of fused-ring (bicyclic) bond motifs is 2. The van der Waals surface area contributed by atoms with Crippen LogP contribution in [0, 0.1) is 5.92 Å². The number of rotatable bonds is 2. The number of benzene rings is 1. The van der Waals surface area contributed by atoms with E-state index >= 15 is 0 Å². The number of ether oxygens (including phenoxy) is 2. The van der Waals surface area contributed by atoms with Gasteiger partial charge in [-0.1, -0.05) is 0 Å². The molecule has 3 aliphatic rings. The Hall–Kier alpha value is -1.81. The first-order chi connectivity index (χ1) is 11.1. The lowest BCUT2D eigenvalue weighted by Crippen LogP contribution is -2.37. The molecular weight excluding hydrogens is 290 g/mol. The van der Waals surface area contributed by atoms with Crippen molar-refractivity contribution in [2.75, 3.05) is 27.8 Å². The molecule has 1 aliphatic heterocycles. The zero-order valence-corrected chi connectivity index (χ0v) is 14.0. The number of ketones is 1. The van der Waals surface area contributed by atoms with Crippen molar-refractivity contribution >= 4 is 11.4 Å². The Morgan fingerprint density at radius 1 is 1.22 bits per heavy atom. The lowest BCUT2D eigenvalue weighted by molar-refractivity contribution is -0.115. The van der Waals surface area contributed by atoms with Gasteiger partial charge < -0.3 is 9.47 Å². The third-order valence-corrected chi connectivity index (χ3v) is 5.69. The summed E-state index contributed by atoms with van der Waals surface area (Å²) in [5.41, 5.74) is 4.99. The second-order valence-electron chi connectivity index (χ2n) is 6.84. The summed E-state index contributed by atoms with van der Waals surface area (Å²) in [6.07, 6.45) is 5.59. The zero-order valence-electron chi connectivity index (χ0n) is 14.0. The fraction of sp³-hybridized carbons (Fsp3) is 0.526. The topological polar surface area (TPSA) is 38.8 Å². The second kappa shape index (κ2) is 5.38. The minimum Gasteiger partial charge on any atom is -0.493 e. The SMILES string of the molecule is COc1cc2c3c(c1OC)C1=CC(=O)CCC1CC3N(C)CC2. The number of likely N-dealkylation sites (N-methyl/N-ethyl adjacent to an activating group) is 1. The van der Waals surface area contributed by atoms with Crippen molar-refractivity contribution in [3.05, 3.63) is 28.8 Å². The van der Waals surface area contributed by atoms with Crippen molar-refractivity contribution in [1.29, 1.82) is 0 Å². The summed E-state index contributed by atoms with van der Waals surface area (Å²) < 4.78 is 11.3. The molecule has 122 valence electrons. The molecule has 0 bridgehead atoms. The van der Waals surface area contributed by atoms with Crippen LogP contribution in [-0.2, 0) is 11.2 Å². The fourth-order valence-electron chi connectivity index (χ4n) is 4.53. The largest absolute Gasteiger partial charge is 0.493 e. The second-order valence-corrected chi connectivity index (χ2v) is 6.84.